The normalized spacial score (nSPS) is 26.4. The number of oxime groups is 1. The molecule has 3 rings (SSSR count). The van der Waals surface area contributed by atoms with Crippen molar-refractivity contribution in [1.82, 2.24) is 5.32 Å². The molecule has 0 amide bonds. The molecular formula is C18H18Cl2N2O. The minimum atomic E-state index is 0.0626. The first-order valence-corrected chi connectivity index (χ1v) is 8.32. The monoisotopic (exact) mass is 348 g/mol. The molecule has 1 saturated heterocycles. The van der Waals surface area contributed by atoms with Gasteiger partial charge >= 0.3 is 0 Å². The zero-order valence-electron chi connectivity index (χ0n) is 12.7. The molecule has 120 valence electrons. The van der Waals surface area contributed by atoms with E-state index in [2.05, 4.69) is 17.4 Å². The summed E-state index contributed by atoms with van der Waals surface area (Å²) in [5, 5.41) is 18.0. The van der Waals surface area contributed by atoms with Gasteiger partial charge in [-0.1, -0.05) is 59.5 Å². The Morgan fingerprint density at radius 3 is 2.00 bits per heavy atom. The van der Waals surface area contributed by atoms with Crippen LogP contribution in [0.1, 0.15) is 36.6 Å². The predicted octanol–water partition coefficient (Wildman–Crippen LogP) is 5.24. The molecule has 5 heteroatoms. The van der Waals surface area contributed by atoms with E-state index in [-0.39, 0.29) is 18.0 Å². The summed E-state index contributed by atoms with van der Waals surface area (Å²) in [6.45, 7) is 2.07. The summed E-state index contributed by atoms with van der Waals surface area (Å²) in [5.74, 6) is 0.102. The van der Waals surface area contributed by atoms with Crippen molar-refractivity contribution in [2.75, 3.05) is 0 Å². The van der Waals surface area contributed by atoms with Gasteiger partial charge in [-0.25, -0.2) is 0 Å². The molecule has 3 atom stereocenters. The minimum Gasteiger partial charge on any atom is -0.411 e. The average molecular weight is 349 g/mol. The summed E-state index contributed by atoms with van der Waals surface area (Å²) >= 11 is 12.0. The van der Waals surface area contributed by atoms with Gasteiger partial charge in [0, 0.05) is 34.5 Å². The maximum Gasteiger partial charge on any atom is 0.0636 e. The van der Waals surface area contributed by atoms with Crippen molar-refractivity contribution < 1.29 is 5.21 Å². The lowest BCUT2D eigenvalue weighted by Gasteiger charge is -2.37. The van der Waals surface area contributed by atoms with Crippen molar-refractivity contribution in [2.45, 2.75) is 25.4 Å². The number of benzene rings is 2. The third-order valence-corrected chi connectivity index (χ3v) is 4.95. The van der Waals surface area contributed by atoms with Gasteiger partial charge in [0.05, 0.1) is 5.71 Å². The van der Waals surface area contributed by atoms with Crippen LogP contribution in [0.3, 0.4) is 0 Å². The highest BCUT2D eigenvalue weighted by molar-refractivity contribution is 6.30. The molecule has 1 aliphatic heterocycles. The number of hydrogen-bond acceptors (Lipinski definition) is 3. The lowest BCUT2D eigenvalue weighted by molar-refractivity contribution is 0.294. The van der Waals surface area contributed by atoms with E-state index in [4.69, 9.17) is 23.2 Å². The topological polar surface area (TPSA) is 44.6 Å². The van der Waals surface area contributed by atoms with Gasteiger partial charge in [0.15, 0.2) is 0 Å². The van der Waals surface area contributed by atoms with E-state index in [1.807, 2.05) is 48.5 Å². The molecule has 0 radical (unpaired) electrons. The van der Waals surface area contributed by atoms with Crippen molar-refractivity contribution >= 4 is 28.9 Å². The Kier molecular flexibility index (Phi) is 4.90. The zero-order valence-corrected chi connectivity index (χ0v) is 14.2. The lowest BCUT2D eigenvalue weighted by atomic mass is 9.81. The molecule has 2 aromatic rings. The molecule has 2 N–H and O–H groups in total. The fraction of sp³-hybridized carbons (Fsp3) is 0.278. The first kappa shape index (κ1) is 16.3. The lowest BCUT2D eigenvalue weighted by Crippen LogP contribution is -2.41. The first-order chi connectivity index (χ1) is 11.1. The summed E-state index contributed by atoms with van der Waals surface area (Å²) < 4.78 is 0. The molecule has 0 aliphatic carbocycles. The third-order valence-electron chi connectivity index (χ3n) is 4.45. The van der Waals surface area contributed by atoms with Crippen LogP contribution in [0, 0.1) is 5.92 Å². The summed E-state index contributed by atoms with van der Waals surface area (Å²) in [4.78, 5) is 0. The average Bonchev–Trinajstić information content (AvgIpc) is 2.57. The molecule has 3 nitrogen and oxygen atoms in total. The number of hydrogen-bond donors (Lipinski definition) is 2. The van der Waals surface area contributed by atoms with Crippen molar-refractivity contribution in [1.29, 1.82) is 0 Å². The fourth-order valence-electron chi connectivity index (χ4n) is 3.10. The van der Waals surface area contributed by atoms with E-state index in [0.29, 0.717) is 16.5 Å². The van der Waals surface area contributed by atoms with Crippen molar-refractivity contribution in [3.05, 3.63) is 69.7 Å². The molecule has 1 heterocycles. The van der Waals surface area contributed by atoms with Crippen molar-refractivity contribution in [2.24, 2.45) is 11.1 Å². The van der Waals surface area contributed by atoms with Crippen LogP contribution in [0.4, 0.5) is 0 Å². The van der Waals surface area contributed by atoms with Crippen LogP contribution in [0.2, 0.25) is 10.0 Å². The van der Waals surface area contributed by atoms with Crippen LogP contribution in [-0.4, -0.2) is 10.9 Å². The molecule has 23 heavy (non-hydrogen) atoms. The number of halogens is 2. The Balaban J connectivity index is 1.92. The number of nitrogens with one attached hydrogen (secondary N) is 1. The predicted molar refractivity (Wildman–Crippen MR) is 94.5 cm³/mol. The Hall–Kier alpha value is -1.55. The van der Waals surface area contributed by atoms with Gasteiger partial charge in [0.1, 0.15) is 0 Å². The third kappa shape index (κ3) is 3.52. The highest BCUT2D eigenvalue weighted by Crippen LogP contribution is 2.35. The highest BCUT2D eigenvalue weighted by atomic mass is 35.5. The molecule has 0 aromatic heterocycles. The molecule has 0 spiro atoms. The van der Waals surface area contributed by atoms with Crippen molar-refractivity contribution in [3.63, 3.8) is 0 Å². The quantitative estimate of drug-likeness (QED) is 0.576. The van der Waals surface area contributed by atoms with Crippen LogP contribution >= 0.6 is 23.2 Å². The smallest absolute Gasteiger partial charge is 0.0636 e. The molecule has 0 unspecified atom stereocenters. The zero-order chi connectivity index (χ0) is 16.4. The van der Waals surface area contributed by atoms with Gasteiger partial charge in [-0.15, -0.1) is 0 Å². The second-order valence-electron chi connectivity index (χ2n) is 5.88. The van der Waals surface area contributed by atoms with Gasteiger partial charge in [-0.2, -0.15) is 0 Å². The van der Waals surface area contributed by atoms with E-state index in [1.54, 1.807) is 0 Å². The standard InChI is InChI=1S/C18H18Cl2N2O/c1-11-16(22-23)10-17(12-2-6-14(19)7-3-12)21-18(11)13-4-8-15(20)9-5-13/h2-9,11,17-18,21,23H,10H2,1H3/b22-16+/t11-,17+,18-/m1/s1. The van der Waals surface area contributed by atoms with Gasteiger partial charge in [0.2, 0.25) is 0 Å². The van der Waals surface area contributed by atoms with E-state index in [9.17, 15) is 5.21 Å². The summed E-state index contributed by atoms with van der Waals surface area (Å²) in [5.41, 5.74) is 3.05. The fourth-order valence-corrected chi connectivity index (χ4v) is 3.36. The molecule has 0 bridgehead atoms. The molecule has 2 aromatic carbocycles. The van der Waals surface area contributed by atoms with Gasteiger partial charge in [0.25, 0.3) is 0 Å². The van der Waals surface area contributed by atoms with Gasteiger partial charge in [-0.05, 0) is 35.4 Å². The largest absolute Gasteiger partial charge is 0.411 e. The number of piperidine rings is 1. The summed E-state index contributed by atoms with van der Waals surface area (Å²) in [6, 6.07) is 15.7. The SMILES string of the molecule is C[C@@H]1/C(=N/O)C[C@@H](c2ccc(Cl)cc2)N[C@H]1c1ccc(Cl)cc1. The Labute approximate surface area is 145 Å². The van der Waals surface area contributed by atoms with E-state index >= 15 is 0 Å². The molecule has 1 fully saturated rings. The molecule has 1 aliphatic rings. The van der Waals surface area contributed by atoms with E-state index in [1.165, 1.54) is 0 Å². The van der Waals surface area contributed by atoms with E-state index in [0.717, 1.165) is 16.8 Å². The molecular weight excluding hydrogens is 331 g/mol. The summed E-state index contributed by atoms with van der Waals surface area (Å²) in [7, 11) is 0. The highest BCUT2D eigenvalue weighted by Gasteiger charge is 2.33. The second kappa shape index (κ2) is 6.91. The van der Waals surface area contributed by atoms with Crippen LogP contribution < -0.4 is 5.32 Å². The Morgan fingerprint density at radius 2 is 1.48 bits per heavy atom. The van der Waals surface area contributed by atoms with Crippen LogP contribution in [0.25, 0.3) is 0 Å². The maximum absolute atomic E-state index is 9.40. The minimum absolute atomic E-state index is 0.0626. The summed E-state index contributed by atoms with van der Waals surface area (Å²) in [6.07, 6.45) is 0.670. The second-order valence-corrected chi connectivity index (χ2v) is 6.76. The van der Waals surface area contributed by atoms with Crippen LogP contribution in [-0.2, 0) is 0 Å². The number of nitrogens with zero attached hydrogens (tertiary/aromatic N) is 1. The Morgan fingerprint density at radius 1 is 0.957 bits per heavy atom. The maximum atomic E-state index is 9.40. The van der Waals surface area contributed by atoms with Crippen LogP contribution in [0.15, 0.2) is 53.7 Å². The molecule has 0 saturated carbocycles. The number of rotatable bonds is 2. The first-order valence-electron chi connectivity index (χ1n) is 7.56. The van der Waals surface area contributed by atoms with Gasteiger partial charge < -0.3 is 10.5 Å². The van der Waals surface area contributed by atoms with Crippen LogP contribution in [0.5, 0.6) is 0 Å². The van der Waals surface area contributed by atoms with Crippen molar-refractivity contribution in [3.8, 4) is 0 Å². The van der Waals surface area contributed by atoms with Gasteiger partial charge in [-0.3, -0.25) is 0 Å². The van der Waals surface area contributed by atoms with E-state index < -0.39 is 0 Å². The Bertz CT molecular complexity index is 698.